The van der Waals surface area contributed by atoms with Crippen LogP contribution in [0.1, 0.15) is 39.5 Å². The van der Waals surface area contributed by atoms with Crippen molar-refractivity contribution in [3.8, 4) is 5.75 Å². The van der Waals surface area contributed by atoms with Crippen LogP contribution in [0.3, 0.4) is 0 Å². The molecule has 0 unspecified atom stereocenters. The Bertz CT molecular complexity index is 649. The van der Waals surface area contributed by atoms with Crippen molar-refractivity contribution in [2.75, 3.05) is 45.9 Å². The van der Waals surface area contributed by atoms with Crippen LogP contribution in [0, 0.1) is 5.92 Å². The lowest BCUT2D eigenvalue weighted by Crippen LogP contribution is -2.58. The summed E-state index contributed by atoms with van der Waals surface area (Å²) in [4.78, 5) is 32.0. The lowest BCUT2D eigenvalue weighted by molar-refractivity contribution is -0.141. The second kappa shape index (κ2) is 10.6. The van der Waals surface area contributed by atoms with Gasteiger partial charge in [0, 0.05) is 39.3 Å². The molecule has 1 atom stereocenters. The Labute approximate surface area is 174 Å². The summed E-state index contributed by atoms with van der Waals surface area (Å²) in [5.74, 6) is 1.45. The minimum atomic E-state index is -0.0322. The first-order chi connectivity index (χ1) is 14.1. The predicted molar refractivity (Wildman–Crippen MR) is 114 cm³/mol. The molecule has 2 aliphatic rings. The van der Waals surface area contributed by atoms with Crippen LogP contribution in [0.5, 0.6) is 5.75 Å². The average molecular weight is 402 g/mol. The number of rotatable bonds is 8. The van der Waals surface area contributed by atoms with Crippen molar-refractivity contribution in [1.82, 2.24) is 14.7 Å². The first kappa shape index (κ1) is 21.6. The molecule has 2 fully saturated rings. The number of piperazine rings is 1. The zero-order valence-corrected chi connectivity index (χ0v) is 17.9. The van der Waals surface area contributed by atoms with Crippen LogP contribution in [-0.2, 0) is 9.59 Å². The molecule has 1 aromatic rings. The van der Waals surface area contributed by atoms with Crippen LogP contribution >= 0.6 is 0 Å². The number of carbonyl (C=O) groups excluding carboxylic acids is 2. The highest BCUT2D eigenvalue weighted by atomic mass is 16.5. The van der Waals surface area contributed by atoms with Crippen LogP contribution in [-0.4, -0.2) is 78.4 Å². The number of amides is 2. The van der Waals surface area contributed by atoms with Gasteiger partial charge in [-0.15, -0.1) is 0 Å². The fourth-order valence-electron chi connectivity index (χ4n) is 4.65. The molecule has 29 heavy (non-hydrogen) atoms. The van der Waals surface area contributed by atoms with Gasteiger partial charge in [0.15, 0.2) is 6.61 Å². The quantitative estimate of drug-likeness (QED) is 0.672. The molecule has 1 saturated heterocycles. The molecule has 1 saturated carbocycles. The molecule has 6 heteroatoms. The third-order valence-electron chi connectivity index (χ3n) is 6.34. The highest BCUT2D eigenvalue weighted by Crippen LogP contribution is 2.32. The first-order valence-corrected chi connectivity index (χ1v) is 11.1. The molecule has 1 aliphatic carbocycles. The first-order valence-electron chi connectivity index (χ1n) is 11.1. The maximum atomic E-state index is 13.3. The van der Waals surface area contributed by atoms with E-state index in [-0.39, 0.29) is 24.5 Å². The molecule has 1 aromatic carbocycles. The summed E-state index contributed by atoms with van der Waals surface area (Å²) >= 11 is 0. The summed E-state index contributed by atoms with van der Waals surface area (Å²) in [6.07, 6.45) is 4.73. The van der Waals surface area contributed by atoms with Gasteiger partial charge in [-0.2, -0.15) is 0 Å². The molecule has 160 valence electrons. The van der Waals surface area contributed by atoms with Gasteiger partial charge in [0.05, 0.1) is 6.04 Å². The monoisotopic (exact) mass is 401 g/mol. The molecule has 0 aromatic heterocycles. The van der Waals surface area contributed by atoms with E-state index in [1.165, 1.54) is 12.8 Å². The smallest absolute Gasteiger partial charge is 0.260 e. The summed E-state index contributed by atoms with van der Waals surface area (Å²) in [5.41, 5.74) is 0. The van der Waals surface area contributed by atoms with Gasteiger partial charge in [0.2, 0.25) is 5.91 Å². The molecule has 3 rings (SSSR count). The molecule has 1 heterocycles. The molecule has 0 radical (unpaired) electrons. The molecule has 0 bridgehead atoms. The van der Waals surface area contributed by atoms with Crippen LogP contribution in [0.4, 0.5) is 0 Å². The van der Waals surface area contributed by atoms with Gasteiger partial charge >= 0.3 is 0 Å². The number of likely N-dealkylation sites (N-methyl/N-ethyl adjacent to an activating group) is 1. The fraction of sp³-hybridized carbons (Fsp3) is 0.652. The number of benzene rings is 1. The Balaban J connectivity index is 1.56. The molecular formula is C23H35N3O3. The number of para-hydroxylation sites is 1. The third kappa shape index (κ3) is 5.50. The minimum Gasteiger partial charge on any atom is -0.484 e. The maximum absolute atomic E-state index is 13.3. The SMILES string of the molecule is CCN(CC)C(=O)[C@H](C1CCCC1)N1CCN(C(=O)COc2ccccc2)CC1. The second-order valence-corrected chi connectivity index (χ2v) is 8.02. The highest BCUT2D eigenvalue weighted by Gasteiger charge is 2.38. The molecule has 6 nitrogen and oxygen atoms in total. The minimum absolute atomic E-state index is 0.0148. The molecular weight excluding hydrogens is 366 g/mol. The van der Waals surface area contributed by atoms with E-state index in [0.29, 0.717) is 24.8 Å². The summed E-state index contributed by atoms with van der Waals surface area (Å²) in [7, 11) is 0. The number of ether oxygens (including phenoxy) is 1. The largest absolute Gasteiger partial charge is 0.484 e. The maximum Gasteiger partial charge on any atom is 0.260 e. The number of hydrogen-bond acceptors (Lipinski definition) is 4. The van der Waals surface area contributed by atoms with Crippen molar-refractivity contribution in [2.24, 2.45) is 5.92 Å². The number of nitrogens with zero attached hydrogens (tertiary/aromatic N) is 3. The van der Waals surface area contributed by atoms with Gasteiger partial charge < -0.3 is 14.5 Å². The third-order valence-corrected chi connectivity index (χ3v) is 6.34. The summed E-state index contributed by atoms with van der Waals surface area (Å²) < 4.78 is 5.61. The highest BCUT2D eigenvalue weighted by molar-refractivity contribution is 5.82. The zero-order valence-electron chi connectivity index (χ0n) is 17.9. The zero-order chi connectivity index (χ0) is 20.6. The van der Waals surface area contributed by atoms with E-state index in [9.17, 15) is 9.59 Å². The Hall–Kier alpha value is -2.08. The number of hydrogen-bond donors (Lipinski definition) is 0. The van der Waals surface area contributed by atoms with E-state index in [4.69, 9.17) is 4.74 Å². The van der Waals surface area contributed by atoms with Crippen molar-refractivity contribution < 1.29 is 14.3 Å². The van der Waals surface area contributed by atoms with Crippen LogP contribution in [0.25, 0.3) is 0 Å². The summed E-state index contributed by atoms with van der Waals surface area (Å²) in [6.45, 7) is 8.51. The Kier molecular flexibility index (Phi) is 7.92. The lowest BCUT2D eigenvalue weighted by atomic mass is 9.94. The van der Waals surface area contributed by atoms with Crippen LogP contribution in [0.15, 0.2) is 30.3 Å². The predicted octanol–water partition coefficient (Wildman–Crippen LogP) is 2.64. The van der Waals surface area contributed by atoms with Crippen molar-refractivity contribution in [1.29, 1.82) is 0 Å². The molecule has 2 amide bonds. The van der Waals surface area contributed by atoms with Crippen molar-refractivity contribution in [3.63, 3.8) is 0 Å². The van der Waals surface area contributed by atoms with Crippen molar-refractivity contribution in [3.05, 3.63) is 30.3 Å². The van der Waals surface area contributed by atoms with Gasteiger partial charge in [-0.05, 0) is 44.7 Å². The van der Waals surface area contributed by atoms with Crippen LogP contribution in [0.2, 0.25) is 0 Å². The van der Waals surface area contributed by atoms with Gasteiger partial charge in [-0.25, -0.2) is 0 Å². The van der Waals surface area contributed by atoms with E-state index < -0.39 is 0 Å². The molecule has 1 aliphatic heterocycles. The van der Waals surface area contributed by atoms with E-state index in [0.717, 1.165) is 39.0 Å². The fourth-order valence-corrected chi connectivity index (χ4v) is 4.65. The van der Waals surface area contributed by atoms with E-state index in [1.54, 1.807) is 0 Å². The number of carbonyl (C=O) groups is 2. The summed E-state index contributed by atoms with van der Waals surface area (Å²) in [5, 5.41) is 0. The van der Waals surface area contributed by atoms with Gasteiger partial charge in [0.1, 0.15) is 5.75 Å². The topological polar surface area (TPSA) is 53.1 Å². The van der Waals surface area contributed by atoms with Gasteiger partial charge in [-0.1, -0.05) is 31.0 Å². The van der Waals surface area contributed by atoms with Crippen molar-refractivity contribution >= 4 is 11.8 Å². The second-order valence-electron chi connectivity index (χ2n) is 8.02. The Morgan fingerprint density at radius 1 is 1.03 bits per heavy atom. The van der Waals surface area contributed by atoms with Crippen molar-refractivity contribution in [2.45, 2.75) is 45.6 Å². The summed E-state index contributed by atoms with van der Waals surface area (Å²) in [6, 6.07) is 9.40. The van der Waals surface area contributed by atoms with E-state index in [2.05, 4.69) is 18.7 Å². The molecule has 0 spiro atoms. The Morgan fingerprint density at radius 3 is 2.24 bits per heavy atom. The lowest BCUT2D eigenvalue weighted by Gasteiger charge is -2.42. The van der Waals surface area contributed by atoms with E-state index in [1.807, 2.05) is 40.1 Å². The average Bonchev–Trinajstić information content (AvgIpc) is 3.28. The Morgan fingerprint density at radius 2 is 1.66 bits per heavy atom. The van der Waals surface area contributed by atoms with Gasteiger partial charge in [-0.3, -0.25) is 14.5 Å². The van der Waals surface area contributed by atoms with E-state index >= 15 is 0 Å². The molecule has 0 N–H and O–H groups in total. The standard InChI is InChI=1S/C23H35N3O3/c1-3-24(4-2)23(28)22(19-10-8-9-11-19)26-16-14-25(15-17-26)21(27)18-29-20-12-6-5-7-13-20/h5-7,12-13,19,22H,3-4,8-11,14-18H2,1-2H3/t22-/m0/s1. The van der Waals surface area contributed by atoms with Crippen LogP contribution < -0.4 is 4.74 Å². The van der Waals surface area contributed by atoms with Gasteiger partial charge in [0.25, 0.3) is 5.91 Å². The normalized spacial score (nSPS) is 19.2.